The Morgan fingerprint density at radius 2 is 2.05 bits per heavy atom. The summed E-state index contributed by atoms with van der Waals surface area (Å²) >= 11 is 0. The molecule has 0 spiro atoms. The molecule has 1 aromatic heterocycles. The van der Waals surface area contributed by atoms with E-state index in [4.69, 9.17) is 4.98 Å². The van der Waals surface area contributed by atoms with Crippen molar-refractivity contribution in [1.29, 1.82) is 0 Å². The van der Waals surface area contributed by atoms with Crippen LogP contribution in [0.4, 0.5) is 0 Å². The Balaban J connectivity index is 1.72. The Morgan fingerprint density at radius 3 is 2.81 bits per heavy atom. The largest absolute Gasteiger partial charge is 0.332 e. The average Bonchev–Trinajstić information content (AvgIpc) is 2.82. The third kappa shape index (κ3) is 3.68. The normalized spacial score (nSPS) is 20.0. The van der Waals surface area contributed by atoms with Crippen molar-refractivity contribution < 1.29 is 0 Å². The van der Waals surface area contributed by atoms with E-state index in [1.54, 1.807) is 0 Å². The number of imidazole rings is 1. The number of hydrogen-bond donors (Lipinski definition) is 1. The lowest BCUT2D eigenvalue weighted by molar-refractivity contribution is 0.320. The van der Waals surface area contributed by atoms with E-state index in [2.05, 4.69) is 23.7 Å². The molecule has 1 N–H and O–H groups in total. The standard InChI is InChI=1S/C18H31N3/c1-14(2)12-18-20-16-13-19-10-8-17(16)21(18)11-9-15-6-4-3-5-7-15/h14-15,19H,3-13H2,1-2H3. The van der Waals surface area contributed by atoms with E-state index in [9.17, 15) is 0 Å². The first-order valence-corrected chi connectivity index (χ1v) is 9.02. The number of fused-ring (bicyclic) bond motifs is 1. The molecule has 0 radical (unpaired) electrons. The van der Waals surface area contributed by atoms with Crippen LogP contribution in [0.1, 0.15) is 69.6 Å². The van der Waals surface area contributed by atoms with Gasteiger partial charge >= 0.3 is 0 Å². The second-order valence-corrected chi connectivity index (χ2v) is 7.39. The fraction of sp³-hybridized carbons (Fsp3) is 0.833. The number of nitrogens with zero attached hydrogens (tertiary/aromatic N) is 2. The first-order valence-electron chi connectivity index (χ1n) is 9.02. The van der Waals surface area contributed by atoms with E-state index in [-0.39, 0.29) is 0 Å². The van der Waals surface area contributed by atoms with E-state index in [0.717, 1.165) is 31.8 Å². The number of nitrogens with one attached hydrogen (secondary N) is 1. The Hall–Kier alpha value is -0.830. The van der Waals surface area contributed by atoms with Gasteiger partial charge < -0.3 is 9.88 Å². The van der Waals surface area contributed by atoms with Crippen LogP contribution in [0.5, 0.6) is 0 Å². The van der Waals surface area contributed by atoms with E-state index >= 15 is 0 Å². The monoisotopic (exact) mass is 289 g/mol. The van der Waals surface area contributed by atoms with E-state index < -0.39 is 0 Å². The summed E-state index contributed by atoms with van der Waals surface area (Å²) in [6.45, 7) is 7.89. The molecule has 0 saturated heterocycles. The molecule has 1 aliphatic carbocycles. The average molecular weight is 289 g/mol. The van der Waals surface area contributed by atoms with Crippen LogP contribution in [0, 0.1) is 11.8 Å². The summed E-state index contributed by atoms with van der Waals surface area (Å²) in [5.74, 6) is 3.00. The van der Waals surface area contributed by atoms with E-state index in [1.807, 2.05) is 0 Å². The van der Waals surface area contributed by atoms with E-state index in [0.29, 0.717) is 5.92 Å². The van der Waals surface area contributed by atoms with Gasteiger partial charge in [0.15, 0.2) is 0 Å². The zero-order chi connectivity index (χ0) is 14.7. The molecule has 2 aliphatic rings. The molecular weight excluding hydrogens is 258 g/mol. The number of hydrogen-bond acceptors (Lipinski definition) is 2. The fourth-order valence-corrected chi connectivity index (χ4v) is 4.00. The molecule has 2 heterocycles. The van der Waals surface area contributed by atoms with Crippen LogP contribution in [0.15, 0.2) is 0 Å². The van der Waals surface area contributed by atoms with Crippen LogP contribution < -0.4 is 5.32 Å². The minimum Gasteiger partial charge on any atom is -0.332 e. The smallest absolute Gasteiger partial charge is 0.109 e. The summed E-state index contributed by atoms with van der Waals surface area (Å²) in [5, 5.41) is 3.46. The summed E-state index contributed by atoms with van der Waals surface area (Å²) in [6.07, 6.45) is 10.9. The third-order valence-electron chi connectivity index (χ3n) is 5.14. The van der Waals surface area contributed by atoms with Gasteiger partial charge in [0.05, 0.1) is 5.69 Å². The molecule has 0 amide bonds. The molecule has 1 saturated carbocycles. The van der Waals surface area contributed by atoms with Crippen molar-refractivity contribution in [3.05, 3.63) is 17.2 Å². The zero-order valence-corrected chi connectivity index (χ0v) is 13.8. The number of aromatic nitrogens is 2. The van der Waals surface area contributed by atoms with Gasteiger partial charge in [-0.15, -0.1) is 0 Å². The Morgan fingerprint density at radius 1 is 1.24 bits per heavy atom. The molecule has 1 aliphatic heterocycles. The molecule has 0 atom stereocenters. The highest BCUT2D eigenvalue weighted by Gasteiger charge is 2.21. The Kier molecular flexibility index (Phi) is 4.99. The van der Waals surface area contributed by atoms with Gasteiger partial charge in [-0.1, -0.05) is 46.0 Å². The quantitative estimate of drug-likeness (QED) is 0.896. The molecule has 21 heavy (non-hydrogen) atoms. The highest BCUT2D eigenvalue weighted by atomic mass is 15.1. The minimum absolute atomic E-state index is 0.690. The highest BCUT2D eigenvalue weighted by Crippen LogP contribution is 2.28. The molecule has 118 valence electrons. The van der Waals surface area contributed by atoms with Gasteiger partial charge in [0, 0.05) is 38.2 Å². The summed E-state index contributed by atoms with van der Waals surface area (Å²) in [7, 11) is 0. The molecule has 1 fully saturated rings. The number of rotatable bonds is 5. The van der Waals surface area contributed by atoms with Crippen molar-refractivity contribution in [2.24, 2.45) is 11.8 Å². The van der Waals surface area contributed by atoms with Gasteiger partial charge in [-0.25, -0.2) is 4.98 Å². The molecule has 3 heteroatoms. The SMILES string of the molecule is CC(C)Cc1nc2c(n1CCC1CCCCC1)CCNC2. The maximum absolute atomic E-state index is 4.96. The summed E-state index contributed by atoms with van der Waals surface area (Å²) < 4.78 is 2.59. The zero-order valence-electron chi connectivity index (χ0n) is 13.8. The van der Waals surface area contributed by atoms with Gasteiger partial charge in [0.2, 0.25) is 0 Å². The lowest BCUT2D eigenvalue weighted by atomic mass is 9.87. The van der Waals surface area contributed by atoms with Gasteiger partial charge in [-0.2, -0.15) is 0 Å². The second-order valence-electron chi connectivity index (χ2n) is 7.39. The van der Waals surface area contributed by atoms with Crippen molar-refractivity contribution in [3.8, 4) is 0 Å². The van der Waals surface area contributed by atoms with Crippen LogP contribution in [-0.4, -0.2) is 16.1 Å². The highest BCUT2D eigenvalue weighted by molar-refractivity contribution is 5.20. The van der Waals surface area contributed by atoms with Gasteiger partial charge in [-0.05, 0) is 18.3 Å². The summed E-state index contributed by atoms with van der Waals surface area (Å²) in [5.41, 5.74) is 2.85. The van der Waals surface area contributed by atoms with Crippen molar-refractivity contribution in [1.82, 2.24) is 14.9 Å². The fourth-order valence-electron chi connectivity index (χ4n) is 4.00. The Bertz CT molecular complexity index is 455. The molecule has 0 unspecified atom stereocenters. The van der Waals surface area contributed by atoms with Gasteiger partial charge in [0.1, 0.15) is 5.82 Å². The van der Waals surface area contributed by atoms with Gasteiger partial charge in [0.25, 0.3) is 0 Å². The molecular formula is C18H31N3. The van der Waals surface area contributed by atoms with Crippen LogP contribution >= 0.6 is 0 Å². The first-order chi connectivity index (χ1) is 10.2. The van der Waals surface area contributed by atoms with Crippen LogP contribution in [-0.2, 0) is 25.9 Å². The molecule has 0 aromatic carbocycles. The predicted octanol–water partition coefficient (Wildman–Crippen LogP) is 3.70. The van der Waals surface area contributed by atoms with Crippen LogP contribution in [0.3, 0.4) is 0 Å². The summed E-state index contributed by atoms with van der Waals surface area (Å²) in [6, 6.07) is 0. The minimum atomic E-state index is 0.690. The topological polar surface area (TPSA) is 29.9 Å². The first kappa shape index (κ1) is 15.1. The van der Waals surface area contributed by atoms with Crippen molar-refractivity contribution >= 4 is 0 Å². The third-order valence-corrected chi connectivity index (χ3v) is 5.14. The second kappa shape index (κ2) is 6.95. The molecule has 0 bridgehead atoms. The predicted molar refractivity (Wildman–Crippen MR) is 87.4 cm³/mol. The molecule has 1 aromatic rings. The van der Waals surface area contributed by atoms with Crippen molar-refractivity contribution in [2.45, 2.75) is 78.3 Å². The van der Waals surface area contributed by atoms with Gasteiger partial charge in [-0.3, -0.25) is 0 Å². The molecule has 3 rings (SSSR count). The van der Waals surface area contributed by atoms with Crippen LogP contribution in [0.25, 0.3) is 0 Å². The lowest BCUT2D eigenvalue weighted by Gasteiger charge is -2.23. The molecule has 3 nitrogen and oxygen atoms in total. The summed E-state index contributed by atoms with van der Waals surface area (Å²) in [4.78, 5) is 4.96. The van der Waals surface area contributed by atoms with E-state index in [1.165, 1.54) is 62.3 Å². The Labute approximate surface area is 129 Å². The lowest BCUT2D eigenvalue weighted by Crippen LogP contribution is -2.25. The maximum atomic E-state index is 4.96. The van der Waals surface area contributed by atoms with Crippen molar-refractivity contribution in [3.63, 3.8) is 0 Å². The maximum Gasteiger partial charge on any atom is 0.109 e. The van der Waals surface area contributed by atoms with Crippen molar-refractivity contribution in [2.75, 3.05) is 6.54 Å². The van der Waals surface area contributed by atoms with Crippen LogP contribution in [0.2, 0.25) is 0 Å².